The van der Waals surface area contributed by atoms with Gasteiger partial charge in [-0.15, -0.1) is 0 Å². The van der Waals surface area contributed by atoms with Crippen LogP contribution in [0.3, 0.4) is 0 Å². The second-order valence-electron chi connectivity index (χ2n) is 4.64. The van der Waals surface area contributed by atoms with E-state index in [0.717, 1.165) is 19.6 Å². The summed E-state index contributed by atoms with van der Waals surface area (Å²) in [6.07, 6.45) is 1.65. The number of anilines is 1. The summed E-state index contributed by atoms with van der Waals surface area (Å²) in [7, 11) is 0. The van der Waals surface area contributed by atoms with E-state index >= 15 is 0 Å². The normalized spacial score (nSPS) is 10.4. The SMILES string of the molecule is C=CCOc1ccc(C(=O)NCCN(CC)CC)cc1N. The van der Waals surface area contributed by atoms with Crippen molar-refractivity contribution in [3.05, 3.63) is 36.4 Å². The molecule has 0 saturated heterocycles. The number of carbonyl (C=O) groups excluding carboxylic acids is 1. The Balaban J connectivity index is 2.54. The topological polar surface area (TPSA) is 67.6 Å². The van der Waals surface area contributed by atoms with Gasteiger partial charge < -0.3 is 20.7 Å². The molecule has 0 unspecified atom stereocenters. The van der Waals surface area contributed by atoms with Crippen molar-refractivity contribution in [1.82, 2.24) is 10.2 Å². The van der Waals surface area contributed by atoms with E-state index in [2.05, 4.69) is 30.6 Å². The summed E-state index contributed by atoms with van der Waals surface area (Å²) in [6, 6.07) is 5.05. The number of hydrogen-bond acceptors (Lipinski definition) is 4. The van der Waals surface area contributed by atoms with Gasteiger partial charge >= 0.3 is 0 Å². The summed E-state index contributed by atoms with van der Waals surface area (Å²) in [4.78, 5) is 14.3. The van der Waals surface area contributed by atoms with E-state index in [1.807, 2.05) is 0 Å². The number of likely N-dealkylation sites (N-methyl/N-ethyl adjacent to an activating group) is 1. The molecule has 1 amide bonds. The molecule has 0 aromatic heterocycles. The summed E-state index contributed by atoms with van der Waals surface area (Å²) < 4.78 is 5.38. The minimum absolute atomic E-state index is 0.121. The Bertz CT molecular complexity index is 471. The molecule has 0 aliphatic carbocycles. The number of hydrogen-bond donors (Lipinski definition) is 2. The Kier molecular flexibility index (Phi) is 7.32. The van der Waals surface area contributed by atoms with Gasteiger partial charge in [-0.1, -0.05) is 26.5 Å². The van der Waals surface area contributed by atoms with E-state index in [4.69, 9.17) is 10.5 Å². The van der Waals surface area contributed by atoms with Gasteiger partial charge in [0.25, 0.3) is 5.91 Å². The number of carbonyl (C=O) groups is 1. The highest BCUT2D eigenvalue weighted by Crippen LogP contribution is 2.22. The van der Waals surface area contributed by atoms with Gasteiger partial charge in [0.2, 0.25) is 0 Å². The molecule has 21 heavy (non-hydrogen) atoms. The van der Waals surface area contributed by atoms with Crippen molar-refractivity contribution in [2.75, 3.05) is 38.5 Å². The molecular weight excluding hydrogens is 266 g/mol. The smallest absolute Gasteiger partial charge is 0.251 e. The molecule has 0 radical (unpaired) electrons. The van der Waals surface area contributed by atoms with Crippen LogP contribution in [-0.2, 0) is 0 Å². The Labute approximate surface area is 126 Å². The van der Waals surface area contributed by atoms with Crippen molar-refractivity contribution >= 4 is 11.6 Å². The largest absolute Gasteiger partial charge is 0.487 e. The van der Waals surface area contributed by atoms with Crippen LogP contribution in [-0.4, -0.2) is 43.6 Å². The van der Waals surface area contributed by atoms with Gasteiger partial charge in [0.15, 0.2) is 0 Å². The lowest BCUT2D eigenvalue weighted by molar-refractivity contribution is 0.0949. The summed E-state index contributed by atoms with van der Waals surface area (Å²) in [5, 5.41) is 2.89. The zero-order valence-corrected chi connectivity index (χ0v) is 12.9. The van der Waals surface area contributed by atoms with Crippen molar-refractivity contribution in [3.8, 4) is 5.75 Å². The number of nitrogens with zero attached hydrogens (tertiary/aromatic N) is 1. The van der Waals surface area contributed by atoms with Crippen molar-refractivity contribution in [2.24, 2.45) is 0 Å². The summed E-state index contributed by atoms with van der Waals surface area (Å²) >= 11 is 0. The average molecular weight is 291 g/mol. The fraction of sp³-hybridized carbons (Fsp3) is 0.438. The van der Waals surface area contributed by atoms with Crippen LogP contribution in [0.4, 0.5) is 5.69 Å². The molecule has 3 N–H and O–H groups in total. The van der Waals surface area contributed by atoms with Gasteiger partial charge in [-0.2, -0.15) is 0 Å². The quantitative estimate of drug-likeness (QED) is 0.539. The molecule has 0 bridgehead atoms. The van der Waals surface area contributed by atoms with Crippen molar-refractivity contribution in [3.63, 3.8) is 0 Å². The van der Waals surface area contributed by atoms with E-state index in [1.54, 1.807) is 24.3 Å². The minimum Gasteiger partial charge on any atom is -0.487 e. The van der Waals surface area contributed by atoms with E-state index in [-0.39, 0.29) is 5.91 Å². The lowest BCUT2D eigenvalue weighted by Crippen LogP contribution is -2.34. The third-order valence-electron chi connectivity index (χ3n) is 3.24. The van der Waals surface area contributed by atoms with E-state index in [9.17, 15) is 4.79 Å². The highest BCUT2D eigenvalue weighted by molar-refractivity contribution is 5.95. The lowest BCUT2D eigenvalue weighted by Gasteiger charge is -2.18. The second-order valence-corrected chi connectivity index (χ2v) is 4.64. The molecule has 0 fully saturated rings. The Morgan fingerprint density at radius 1 is 1.43 bits per heavy atom. The molecule has 0 aliphatic heterocycles. The first-order chi connectivity index (χ1) is 10.1. The number of amides is 1. The van der Waals surface area contributed by atoms with Gasteiger partial charge in [-0.05, 0) is 31.3 Å². The van der Waals surface area contributed by atoms with Crippen molar-refractivity contribution < 1.29 is 9.53 Å². The van der Waals surface area contributed by atoms with Crippen LogP contribution in [0.25, 0.3) is 0 Å². The van der Waals surface area contributed by atoms with Gasteiger partial charge in [0.1, 0.15) is 12.4 Å². The van der Waals surface area contributed by atoms with Crippen molar-refractivity contribution in [2.45, 2.75) is 13.8 Å². The molecule has 5 nitrogen and oxygen atoms in total. The first kappa shape index (κ1) is 17.0. The zero-order valence-electron chi connectivity index (χ0n) is 12.9. The predicted octanol–water partition coefficient (Wildman–Crippen LogP) is 1.91. The lowest BCUT2D eigenvalue weighted by atomic mass is 10.1. The van der Waals surface area contributed by atoms with Gasteiger partial charge in [-0.25, -0.2) is 0 Å². The van der Waals surface area contributed by atoms with Crippen LogP contribution >= 0.6 is 0 Å². The molecule has 1 rings (SSSR count). The Morgan fingerprint density at radius 2 is 2.14 bits per heavy atom. The Hall–Kier alpha value is -2.01. The van der Waals surface area contributed by atoms with Crippen LogP contribution in [0.15, 0.2) is 30.9 Å². The van der Waals surface area contributed by atoms with E-state index in [1.165, 1.54) is 0 Å². The van der Waals surface area contributed by atoms with Crippen LogP contribution in [0.2, 0.25) is 0 Å². The molecular formula is C16H25N3O2. The van der Waals surface area contributed by atoms with Gasteiger partial charge in [-0.3, -0.25) is 4.79 Å². The average Bonchev–Trinajstić information content (AvgIpc) is 2.50. The third-order valence-corrected chi connectivity index (χ3v) is 3.24. The first-order valence-corrected chi connectivity index (χ1v) is 7.26. The summed E-state index contributed by atoms with van der Waals surface area (Å²) in [6.45, 7) is 11.6. The van der Waals surface area contributed by atoms with Crippen LogP contribution in [0, 0.1) is 0 Å². The maximum atomic E-state index is 12.0. The number of nitrogens with two attached hydrogens (primary N) is 1. The van der Waals surface area contributed by atoms with E-state index < -0.39 is 0 Å². The first-order valence-electron chi connectivity index (χ1n) is 7.26. The number of nitrogen functional groups attached to an aromatic ring is 1. The number of nitrogens with one attached hydrogen (secondary N) is 1. The molecule has 1 aromatic rings. The fourth-order valence-electron chi connectivity index (χ4n) is 1.94. The van der Waals surface area contributed by atoms with Crippen LogP contribution < -0.4 is 15.8 Å². The minimum atomic E-state index is -0.121. The monoisotopic (exact) mass is 291 g/mol. The van der Waals surface area contributed by atoms with Crippen molar-refractivity contribution in [1.29, 1.82) is 0 Å². The molecule has 0 atom stereocenters. The van der Waals surface area contributed by atoms with Crippen LogP contribution in [0.1, 0.15) is 24.2 Å². The van der Waals surface area contributed by atoms with Crippen LogP contribution in [0.5, 0.6) is 5.75 Å². The third kappa shape index (κ3) is 5.47. The molecule has 0 aliphatic rings. The molecule has 1 aromatic carbocycles. The van der Waals surface area contributed by atoms with Gasteiger partial charge in [0, 0.05) is 18.7 Å². The Morgan fingerprint density at radius 3 is 2.71 bits per heavy atom. The summed E-state index contributed by atoms with van der Waals surface area (Å²) in [5.74, 6) is 0.443. The number of benzene rings is 1. The number of ether oxygens (including phenoxy) is 1. The predicted molar refractivity (Wildman–Crippen MR) is 86.7 cm³/mol. The molecule has 0 heterocycles. The number of rotatable bonds is 9. The highest BCUT2D eigenvalue weighted by Gasteiger charge is 2.09. The van der Waals surface area contributed by atoms with E-state index in [0.29, 0.717) is 30.2 Å². The molecule has 116 valence electrons. The molecule has 0 saturated carbocycles. The maximum Gasteiger partial charge on any atom is 0.251 e. The van der Waals surface area contributed by atoms with Gasteiger partial charge in [0.05, 0.1) is 5.69 Å². The fourth-order valence-corrected chi connectivity index (χ4v) is 1.94. The summed E-state index contributed by atoms with van der Waals surface area (Å²) in [5.41, 5.74) is 6.86. The second kappa shape index (κ2) is 9.02. The molecule has 5 heteroatoms. The highest BCUT2D eigenvalue weighted by atomic mass is 16.5. The maximum absolute atomic E-state index is 12.0. The zero-order chi connectivity index (χ0) is 15.7. The molecule has 0 spiro atoms. The standard InChI is InChI=1S/C16H25N3O2/c1-4-11-21-15-8-7-13(12-14(15)17)16(20)18-9-10-19(5-2)6-3/h4,7-8,12H,1,5-6,9-11,17H2,2-3H3,(H,18,20).